The van der Waals surface area contributed by atoms with Gasteiger partial charge in [0, 0.05) is 37.5 Å². The summed E-state index contributed by atoms with van der Waals surface area (Å²) in [5.74, 6) is 1.46. The Morgan fingerprint density at radius 3 is 2.56 bits per heavy atom. The first kappa shape index (κ1) is 22.5. The monoisotopic (exact) mass is 456 g/mol. The zero-order chi connectivity index (χ0) is 23.5. The zero-order valence-electron chi connectivity index (χ0n) is 19.9. The van der Waals surface area contributed by atoms with Crippen molar-refractivity contribution in [3.8, 4) is 11.3 Å². The highest BCUT2D eigenvalue weighted by Crippen LogP contribution is 2.59. The molecule has 1 aliphatic carbocycles. The summed E-state index contributed by atoms with van der Waals surface area (Å²) in [6, 6.07) is 15.8. The summed E-state index contributed by atoms with van der Waals surface area (Å²) in [6.07, 6.45) is 5.74. The van der Waals surface area contributed by atoms with E-state index in [-0.39, 0.29) is 5.91 Å². The Hall–Kier alpha value is -3.32. The smallest absolute Gasteiger partial charge is 0.221 e. The van der Waals surface area contributed by atoms with Crippen molar-refractivity contribution in [2.75, 3.05) is 30.3 Å². The van der Waals surface area contributed by atoms with Crippen molar-refractivity contribution in [2.24, 2.45) is 11.3 Å². The summed E-state index contributed by atoms with van der Waals surface area (Å²) >= 11 is 0. The van der Waals surface area contributed by atoms with Crippen molar-refractivity contribution in [3.05, 3.63) is 66.0 Å². The van der Waals surface area contributed by atoms with Crippen LogP contribution >= 0.6 is 0 Å². The molecule has 3 aromatic rings. The number of carbonyl (C=O) groups excluding carboxylic acids is 1. The summed E-state index contributed by atoms with van der Waals surface area (Å²) in [4.78, 5) is 18.3. The number of likely N-dealkylation sites (tertiary alicyclic amines) is 1. The molecule has 176 valence electrons. The number of rotatable bonds is 7. The van der Waals surface area contributed by atoms with E-state index < -0.39 is 0 Å². The number of benzene rings is 1. The van der Waals surface area contributed by atoms with E-state index in [9.17, 15) is 4.79 Å². The maximum Gasteiger partial charge on any atom is 0.221 e. The molecule has 1 saturated heterocycles. The number of aromatic nitrogens is 3. The number of nitrogens with one attached hydrogen (secondary N) is 2. The third kappa shape index (κ3) is 5.09. The molecular weight excluding hydrogens is 424 g/mol. The van der Waals surface area contributed by atoms with Crippen LogP contribution in [-0.4, -0.2) is 45.6 Å². The van der Waals surface area contributed by atoms with Gasteiger partial charge >= 0.3 is 0 Å². The highest BCUT2D eigenvalue weighted by Gasteiger charge is 2.54. The second-order valence-corrected chi connectivity index (χ2v) is 9.75. The number of hydrogen-bond donors (Lipinski definition) is 2. The van der Waals surface area contributed by atoms with Crippen LogP contribution in [0.2, 0.25) is 0 Å². The predicted octanol–water partition coefficient (Wildman–Crippen LogP) is 4.52. The van der Waals surface area contributed by atoms with Crippen LogP contribution in [0.4, 0.5) is 11.5 Å². The van der Waals surface area contributed by atoms with E-state index in [0.29, 0.717) is 11.3 Å². The van der Waals surface area contributed by atoms with Gasteiger partial charge in [0.05, 0.1) is 11.4 Å². The van der Waals surface area contributed by atoms with Gasteiger partial charge in [-0.05, 0) is 86.5 Å². The molecule has 0 radical (unpaired) electrons. The maximum atomic E-state index is 11.2. The van der Waals surface area contributed by atoms with Crippen molar-refractivity contribution in [1.82, 2.24) is 20.1 Å². The highest BCUT2D eigenvalue weighted by atomic mass is 16.1. The minimum absolute atomic E-state index is 0.0782. The standard InChI is InChI=1S/C27H32N6O/c1-19-4-3-13-28-25(19)18-33-14-11-27(12-15-33)16-22(27)17-29-26-10-9-24(31-32-26)21-5-7-23(8-6-21)30-20(2)34/h3-10,13,22H,11-12,14-18H2,1-2H3,(H,29,32)(H,30,34)/t22-/m0/s1. The Labute approximate surface area is 201 Å². The van der Waals surface area contributed by atoms with Gasteiger partial charge in [0.2, 0.25) is 5.91 Å². The van der Waals surface area contributed by atoms with E-state index in [2.05, 4.69) is 43.7 Å². The maximum absolute atomic E-state index is 11.2. The molecule has 7 nitrogen and oxygen atoms in total. The van der Waals surface area contributed by atoms with E-state index >= 15 is 0 Å². The summed E-state index contributed by atoms with van der Waals surface area (Å²) < 4.78 is 0. The first-order chi connectivity index (χ1) is 16.5. The molecule has 2 aromatic heterocycles. The Balaban J connectivity index is 1.09. The first-order valence-electron chi connectivity index (χ1n) is 12.1. The predicted molar refractivity (Wildman–Crippen MR) is 134 cm³/mol. The van der Waals surface area contributed by atoms with Crippen molar-refractivity contribution in [3.63, 3.8) is 0 Å². The van der Waals surface area contributed by atoms with Gasteiger partial charge in [-0.1, -0.05) is 18.2 Å². The Morgan fingerprint density at radius 1 is 1.09 bits per heavy atom. The van der Waals surface area contributed by atoms with Crippen LogP contribution < -0.4 is 10.6 Å². The van der Waals surface area contributed by atoms with Gasteiger partial charge in [-0.25, -0.2) is 0 Å². The Morgan fingerprint density at radius 2 is 1.88 bits per heavy atom. The molecule has 1 aromatic carbocycles. The number of hydrogen-bond acceptors (Lipinski definition) is 6. The summed E-state index contributed by atoms with van der Waals surface area (Å²) in [6.45, 7) is 7.88. The summed E-state index contributed by atoms with van der Waals surface area (Å²) in [5.41, 5.74) is 5.56. The van der Waals surface area contributed by atoms with Crippen LogP contribution in [-0.2, 0) is 11.3 Å². The van der Waals surface area contributed by atoms with Crippen molar-refractivity contribution < 1.29 is 4.79 Å². The molecule has 1 aliphatic heterocycles. The van der Waals surface area contributed by atoms with Crippen LogP contribution in [0.25, 0.3) is 11.3 Å². The molecule has 5 rings (SSSR count). The lowest BCUT2D eigenvalue weighted by molar-refractivity contribution is -0.114. The molecular formula is C27H32N6O. The van der Waals surface area contributed by atoms with Crippen molar-refractivity contribution in [1.29, 1.82) is 0 Å². The minimum atomic E-state index is -0.0782. The van der Waals surface area contributed by atoms with Gasteiger partial charge in [-0.3, -0.25) is 14.7 Å². The van der Waals surface area contributed by atoms with Crippen molar-refractivity contribution >= 4 is 17.4 Å². The lowest BCUT2D eigenvalue weighted by Crippen LogP contribution is -2.35. The second kappa shape index (κ2) is 9.50. The number of piperidine rings is 1. The molecule has 0 bridgehead atoms. The molecule has 2 aliphatic rings. The topological polar surface area (TPSA) is 83.0 Å². The molecule has 1 saturated carbocycles. The van der Waals surface area contributed by atoms with E-state index in [0.717, 1.165) is 48.9 Å². The number of pyridine rings is 1. The van der Waals surface area contributed by atoms with Crippen LogP contribution in [0.1, 0.15) is 37.4 Å². The number of aryl methyl sites for hydroxylation is 1. The fourth-order valence-electron chi connectivity index (χ4n) is 5.12. The fraction of sp³-hybridized carbons (Fsp3) is 0.407. The molecule has 1 amide bonds. The second-order valence-electron chi connectivity index (χ2n) is 9.75. The number of nitrogens with zero attached hydrogens (tertiary/aromatic N) is 4. The van der Waals surface area contributed by atoms with Gasteiger partial charge in [0.25, 0.3) is 0 Å². The van der Waals surface area contributed by atoms with Gasteiger partial charge < -0.3 is 10.6 Å². The third-order valence-electron chi connectivity index (χ3n) is 7.40. The number of carbonyl (C=O) groups is 1. The Kier molecular flexibility index (Phi) is 6.28. The lowest BCUT2D eigenvalue weighted by Gasteiger charge is -2.33. The average Bonchev–Trinajstić information content (AvgIpc) is 3.53. The zero-order valence-corrected chi connectivity index (χ0v) is 19.9. The van der Waals surface area contributed by atoms with Gasteiger partial charge in [0.1, 0.15) is 5.82 Å². The lowest BCUT2D eigenvalue weighted by atomic mass is 9.90. The molecule has 3 heterocycles. The van der Waals surface area contributed by atoms with E-state index in [1.807, 2.05) is 48.7 Å². The third-order valence-corrected chi connectivity index (χ3v) is 7.40. The molecule has 1 spiro atoms. The number of amides is 1. The first-order valence-corrected chi connectivity index (χ1v) is 12.1. The highest BCUT2D eigenvalue weighted by molar-refractivity contribution is 5.88. The van der Waals surface area contributed by atoms with Crippen LogP contribution in [0.15, 0.2) is 54.7 Å². The van der Waals surface area contributed by atoms with Gasteiger partial charge in [-0.2, -0.15) is 0 Å². The van der Waals surface area contributed by atoms with Gasteiger partial charge in [0.15, 0.2) is 0 Å². The van der Waals surface area contributed by atoms with Crippen LogP contribution in [0.3, 0.4) is 0 Å². The molecule has 0 unspecified atom stereocenters. The molecule has 34 heavy (non-hydrogen) atoms. The van der Waals surface area contributed by atoms with Crippen molar-refractivity contribution in [2.45, 2.75) is 39.7 Å². The minimum Gasteiger partial charge on any atom is -0.368 e. The molecule has 7 heteroatoms. The van der Waals surface area contributed by atoms with E-state index in [1.54, 1.807) is 0 Å². The summed E-state index contributed by atoms with van der Waals surface area (Å²) in [7, 11) is 0. The quantitative estimate of drug-likeness (QED) is 0.544. The van der Waals surface area contributed by atoms with E-state index in [4.69, 9.17) is 0 Å². The summed E-state index contributed by atoms with van der Waals surface area (Å²) in [5, 5.41) is 15.0. The fourth-order valence-corrected chi connectivity index (χ4v) is 5.12. The average molecular weight is 457 g/mol. The number of anilines is 2. The molecule has 2 N–H and O–H groups in total. The van der Waals surface area contributed by atoms with Crippen LogP contribution in [0.5, 0.6) is 0 Å². The largest absolute Gasteiger partial charge is 0.368 e. The van der Waals surface area contributed by atoms with Gasteiger partial charge in [-0.15, -0.1) is 10.2 Å². The van der Waals surface area contributed by atoms with E-state index in [1.165, 1.54) is 37.4 Å². The molecule has 1 atom stereocenters. The molecule has 2 fully saturated rings. The normalized spacial score (nSPS) is 19.1. The Bertz CT molecular complexity index is 1140. The SMILES string of the molecule is CC(=O)Nc1ccc(-c2ccc(NC[C@@H]3CC34CCN(Cc3ncccc3C)CC4)nn2)cc1. The van der Waals surface area contributed by atoms with Crippen LogP contribution in [0, 0.1) is 18.3 Å².